The van der Waals surface area contributed by atoms with E-state index in [2.05, 4.69) is 10.1 Å². The highest BCUT2D eigenvalue weighted by molar-refractivity contribution is 5.96. The Balaban J connectivity index is 2.24. The number of benzene rings is 1. The van der Waals surface area contributed by atoms with E-state index >= 15 is 0 Å². The molecule has 0 atom stereocenters. The van der Waals surface area contributed by atoms with Crippen LogP contribution in [-0.4, -0.2) is 17.3 Å². The average Bonchev–Trinajstić information content (AvgIpc) is 3.02. The van der Waals surface area contributed by atoms with Crippen molar-refractivity contribution in [2.24, 2.45) is 5.73 Å². The van der Waals surface area contributed by atoms with Crippen LogP contribution in [0.25, 0.3) is 22.4 Å². The first-order valence-corrected chi connectivity index (χ1v) is 5.83. The van der Waals surface area contributed by atoms with Crippen molar-refractivity contribution >= 4 is 11.0 Å². The van der Waals surface area contributed by atoms with Gasteiger partial charge in [-0.2, -0.15) is 4.98 Å². The molecular weight excluding hydrogens is 246 g/mol. The zero-order chi connectivity index (χ0) is 13.4. The third-order valence-corrected chi connectivity index (χ3v) is 2.87. The van der Waals surface area contributed by atoms with Gasteiger partial charge >= 0.3 is 0 Å². The third-order valence-electron chi connectivity index (χ3n) is 2.87. The maximum Gasteiger partial charge on any atom is 0.240 e. The number of hydrogen-bond acceptors (Lipinski definition) is 6. The van der Waals surface area contributed by atoms with E-state index in [1.54, 1.807) is 7.11 Å². The van der Waals surface area contributed by atoms with E-state index in [-0.39, 0.29) is 6.54 Å². The van der Waals surface area contributed by atoms with E-state index in [0.717, 1.165) is 16.7 Å². The summed E-state index contributed by atoms with van der Waals surface area (Å²) in [5.74, 6) is 2.37. The lowest BCUT2D eigenvalue weighted by Crippen LogP contribution is -1.95. The number of hydrogen-bond donors (Lipinski definition) is 1. The van der Waals surface area contributed by atoms with Gasteiger partial charge < -0.3 is 19.4 Å². The predicted molar refractivity (Wildman–Crippen MR) is 68.7 cm³/mol. The third kappa shape index (κ3) is 1.86. The monoisotopic (exact) mass is 259 g/mol. The van der Waals surface area contributed by atoms with Gasteiger partial charge in [-0.1, -0.05) is 5.16 Å². The summed E-state index contributed by atoms with van der Waals surface area (Å²) in [4.78, 5) is 4.23. The maximum absolute atomic E-state index is 5.65. The highest BCUT2D eigenvalue weighted by atomic mass is 16.5. The molecule has 1 aromatic carbocycles. The molecule has 0 amide bonds. The number of nitrogens with zero attached hydrogens (tertiary/aromatic N) is 2. The summed E-state index contributed by atoms with van der Waals surface area (Å²) in [5, 5.41) is 4.81. The number of furan rings is 1. The highest BCUT2D eigenvalue weighted by Crippen LogP contribution is 2.35. The average molecular weight is 259 g/mol. The molecule has 0 radical (unpaired) electrons. The van der Waals surface area contributed by atoms with Gasteiger partial charge in [0.2, 0.25) is 11.7 Å². The highest BCUT2D eigenvalue weighted by Gasteiger charge is 2.16. The summed E-state index contributed by atoms with van der Waals surface area (Å²) in [6.45, 7) is 2.10. The summed E-state index contributed by atoms with van der Waals surface area (Å²) in [5.41, 5.74) is 6.98. The zero-order valence-corrected chi connectivity index (χ0v) is 10.6. The fraction of sp³-hybridized carbons (Fsp3) is 0.231. The first-order chi connectivity index (χ1) is 9.22. The standard InChI is InChI=1S/C13H13N3O3/c1-7-5-9-8(13-15-11(6-14)19-16-13)3-4-10(17-2)12(9)18-7/h3-5H,6,14H2,1-2H3. The first kappa shape index (κ1) is 11.7. The lowest BCUT2D eigenvalue weighted by atomic mass is 10.1. The van der Waals surface area contributed by atoms with Crippen LogP contribution in [0.1, 0.15) is 11.7 Å². The molecule has 0 saturated heterocycles. The number of nitrogens with two attached hydrogens (primary N) is 1. The second kappa shape index (κ2) is 4.40. The molecular formula is C13H13N3O3. The van der Waals surface area contributed by atoms with Crippen LogP contribution in [-0.2, 0) is 6.54 Å². The van der Waals surface area contributed by atoms with Crippen LogP contribution in [0.15, 0.2) is 27.1 Å². The molecule has 6 heteroatoms. The summed E-state index contributed by atoms with van der Waals surface area (Å²) in [6.07, 6.45) is 0. The smallest absolute Gasteiger partial charge is 0.240 e. The van der Waals surface area contributed by atoms with E-state index in [4.69, 9.17) is 19.4 Å². The van der Waals surface area contributed by atoms with Crippen molar-refractivity contribution in [2.45, 2.75) is 13.5 Å². The van der Waals surface area contributed by atoms with Crippen LogP contribution >= 0.6 is 0 Å². The Bertz CT molecular complexity index is 730. The van der Waals surface area contributed by atoms with Gasteiger partial charge in [-0.05, 0) is 25.1 Å². The quantitative estimate of drug-likeness (QED) is 0.776. The molecule has 0 saturated carbocycles. The molecule has 2 aromatic heterocycles. The molecule has 0 bridgehead atoms. The van der Waals surface area contributed by atoms with E-state index in [1.807, 2.05) is 25.1 Å². The van der Waals surface area contributed by atoms with Crippen molar-refractivity contribution in [1.29, 1.82) is 0 Å². The fourth-order valence-corrected chi connectivity index (χ4v) is 2.02. The normalized spacial score (nSPS) is 11.1. The van der Waals surface area contributed by atoms with Crippen LogP contribution in [0.5, 0.6) is 5.75 Å². The van der Waals surface area contributed by atoms with Gasteiger partial charge in [0, 0.05) is 10.9 Å². The van der Waals surface area contributed by atoms with Gasteiger partial charge in [-0.15, -0.1) is 0 Å². The summed E-state index contributed by atoms with van der Waals surface area (Å²) < 4.78 is 16.0. The molecule has 98 valence electrons. The minimum absolute atomic E-state index is 0.219. The SMILES string of the molecule is COc1ccc(-c2noc(CN)n2)c2cc(C)oc12. The molecule has 0 spiro atoms. The Morgan fingerprint density at radius 1 is 1.37 bits per heavy atom. The number of aryl methyl sites for hydroxylation is 1. The maximum atomic E-state index is 5.65. The molecule has 2 N–H and O–H groups in total. The van der Waals surface area contributed by atoms with Crippen LogP contribution in [0.3, 0.4) is 0 Å². The van der Waals surface area contributed by atoms with Gasteiger partial charge in [0.05, 0.1) is 13.7 Å². The minimum atomic E-state index is 0.219. The van der Waals surface area contributed by atoms with Gasteiger partial charge in [0.1, 0.15) is 5.76 Å². The Labute approximate surface area is 109 Å². The lowest BCUT2D eigenvalue weighted by molar-refractivity contribution is 0.380. The first-order valence-electron chi connectivity index (χ1n) is 5.83. The number of aromatic nitrogens is 2. The topological polar surface area (TPSA) is 87.3 Å². The fourth-order valence-electron chi connectivity index (χ4n) is 2.02. The Hall–Kier alpha value is -2.34. The largest absolute Gasteiger partial charge is 0.493 e. The Morgan fingerprint density at radius 3 is 2.89 bits per heavy atom. The number of fused-ring (bicyclic) bond motifs is 1. The number of ether oxygens (including phenoxy) is 1. The van der Waals surface area contributed by atoms with Crippen molar-refractivity contribution in [3.05, 3.63) is 29.9 Å². The Morgan fingerprint density at radius 2 is 2.21 bits per heavy atom. The van der Waals surface area contributed by atoms with E-state index in [0.29, 0.717) is 23.0 Å². The van der Waals surface area contributed by atoms with Gasteiger partial charge in [-0.25, -0.2) is 0 Å². The second-order valence-corrected chi connectivity index (χ2v) is 4.13. The predicted octanol–water partition coefficient (Wildman–Crippen LogP) is 2.26. The van der Waals surface area contributed by atoms with Crippen molar-refractivity contribution < 1.29 is 13.7 Å². The van der Waals surface area contributed by atoms with Crippen LogP contribution in [0.2, 0.25) is 0 Å². The van der Waals surface area contributed by atoms with Gasteiger partial charge in [0.25, 0.3) is 0 Å². The number of methoxy groups -OCH3 is 1. The van der Waals surface area contributed by atoms with E-state index in [9.17, 15) is 0 Å². The lowest BCUT2D eigenvalue weighted by Gasteiger charge is -2.02. The van der Waals surface area contributed by atoms with E-state index in [1.165, 1.54) is 0 Å². The van der Waals surface area contributed by atoms with Gasteiger partial charge in [-0.3, -0.25) is 0 Å². The molecule has 6 nitrogen and oxygen atoms in total. The molecule has 3 rings (SSSR count). The van der Waals surface area contributed by atoms with Crippen LogP contribution in [0, 0.1) is 6.92 Å². The van der Waals surface area contributed by atoms with Crippen molar-refractivity contribution in [3.63, 3.8) is 0 Å². The van der Waals surface area contributed by atoms with E-state index < -0.39 is 0 Å². The molecule has 0 aliphatic heterocycles. The summed E-state index contributed by atoms with van der Waals surface area (Å²) in [6, 6.07) is 5.62. The second-order valence-electron chi connectivity index (χ2n) is 4.13. The molecule has 0 fully saturated rings. The molecule has 0 aliphatic rings. The minimum Gasteiger partial charge on any atom is -0.493 e. The molecule has 19 heavy (non-hydrogen) atoms. The van der Waals surface area contributed by atoms with Crippen LogP contribution in [0.4, 0.5) is 0 Å². The van der Waals surface area contributed by atoms with Crippen LogP contribution < -0.4 is 10.5 Å². The summed E-state index contributed by atoms with van der Waals surface area (Å²) in [7, 11) is 1.60. The number of rotatable bonds is 3. The van der Waals surface area contributed by atoms with Crippen molar-refractivity contribution in [3.8, 4) is 17.1 Å². The molecule has 0 aliphatic carbocycles. The van der Waals surface area contributed by atoms with Crippen molar-refractivity contribution in [2.75, 3.05) is 7.11 Å². The molecule has 3 aromatic rings. The van der Waals surface area contributed by atoms with Gasteiger partial charge in [0.15, 0.2) is 11.3 Å². The Kier molecular flexibility index (Phi) is 2.72. The zero-order valence-electron chi connectivity index (χ0n) is 10.6. The summed E-state index contributed by atoms with van der Waals surface area (Å²) >= 11 is 0. The molecule has 2 heterocycles. The van der Waals surface area contributed by atoms with Crippen molar-refractivity contribution in [1.82, 2.24) is 10.1 Å². The molecule has 0 unspecified atom stereocenters.